The molecule has 1 amide bonds. The molecule has 1 aliphatic heterocycles. The van der Waals surface area contributed by atoms with Gasteiger partial charge in [0, 0.05) is 40.3 Å². The first-order valence-corrected chi connectivity index (χ1v) is 11.3. The number of carbonyl (C=O) groups is 1. The molecule has 1 aromatic rings. The Hall–Kier alpha value is -1.46. The molecule has 1 aromatic carbocycles. The van der Waals surface area contributed by atoms with Gasteiger partial charge in [0.25, 0.3) is 0 Å². The van der Waals surface area contributed by atoms with E-state index in [2.05, 4.69) is 54.0 Å². The highest BCUT2D eigenvalue weighted by Crippen LogP contribution is 2.46. The van der Waals surface area contributed by atoms with Gasteiger partial charge >= 0.3 is 0 Å². The molecule has 0 saturated carbocycles. The molecule has 1 atom stereocenters. The summed E-state index contributed by atoms with van der Waals surface area (Å²) in [4.78, 5) is 14.3. The van der Waals surface area contributed by atoms with Crippen LogP contribution < -0.4 is 5.32 Å². The van der Waals surface area contributed by atoms with Gasteiger partial charge in [-0.2, -0.15) is 0 Å². The second-order valence-electron chi connectivity index (χ2n) is 8.87. The topological polar surface area (TPSA) is 35.6 Å². The van der Waals surface area contributed by atoms with Crippen molar-refractivity contribution >= 4 is 18.5 Å². The average Bonchev–Trinajstić information content (AvgIpc) is 3.07. The summed E-state index contributed by atoms with van der Waals surface area (Å²) in [7, 11) is 5.43. The van der Waals surface area contributed by atoms with Crippen molar-refractivity contribution in [1.29, 1.82) is 0 Å². The average molecular weight is 418 g/mol. The molecule has 2 aliphatic rings. The minimum Gasteiger partial charge on any atom is -0.391 e. The Bertz CT molecular complexity index is 693. The number of aryl methyl sites for hydroxylation is 1. The van der Waals surface area contributed by atoms with Crippen molar-refractivity contribution in [3.63, 3.8) is 0 Å². The molecule has 1 spiro atoms. The molecule has 162 valence electrons. The van der Waals surface area contributed by atoms with E-state index in [1.54, 1.807) is 25.2 Å². The second-order valence-corrected chi connectivity index (χ2v) is 9.12. The van der Waals surface area contributed by atoms with Crippen LogP contribution in [0.25, 0.3) is 0 Å². The maximum atomic E-state index is 10.1. The number of carbonyl (C=O) groups excluding carboxylic acids is 1. The van der Waals surface area contributed by atoms with Crippen LogP contribution in [0.5, 0.6) is 0 Å². The van der Waals surface area contributed by atoms with Gasteiger partial charge in [0.15, 0.2) is 0 Å². The Morgan fingerprint density at radius 3 is 2.45 bits per heavy atom. The van der Waals surface area contributed by atoms with Crippen molar-refractivity contribution in [3.8, 4) is 0 Å². The predicted molar refractivity (Wildman–Crippen MR) is 126 cm³/mol. The zero-order valence-corrected chi connectivity index (χ0v) is 19.8. The van der Waals surface area contributed by atoms with Crippen molar-refractivity contribution < 1.29 is 4.79 Å². The minimum atomic E-state index is 0.0926. The molecule has 0 aromatic heterocycles. The third-order valence-corrected chi connectivity index (χ3v) is 6.83. The monoisotopic (exact) mass is 417 g/mol. The highest BCUT2D eigenvalue weighted by atomic mass is 32.1. The molecule has 1 fully saturated rings. The summed E-state index contributed by atoms with van der Waals surface area (Å²) in [5, 5.41) is 5.14. The number of rotatable bonds is 5. The van der Waals surface area contributed by atoms with Crippen molar-refractivity contribution in [1.82, 2.24) is 15.1 Å². The van der Waals surface area contributed by atoms with E-state index in [0.29, 0.717) is 11.3 Å². The lowest BCUT2D eigenvalue weighted by Gasteiger charge is -2.41. The van der Waals surface area contributed by atoms with Crippen LogP contribution in [-0.2, 0) is 16.6 Å². The third-order valence-electron chi connectivity index (χ3n) is 6.52. The van der Waals surface area contributed by atoms with Gasteiger partial charge in [0.05, 0.1) is 0 Å². The minimum absolute atomic E-state index is 0.0926. The van der Waals surface area contributed by atoms with E-state index in [1.165, 1.54) is 62.8 Å². The normalized spacial score (nSPS) is 19.2. The molecule has 4 nitrogen and oxygen atoms in total. The first kappa shape index (κ1) is 23.8. The van der Waals surface area contributed by atoms with E-state index in [4.69, 9.17) is 0 Å². The number of thiol groups is 1. The number of hydrogen-bond acceptors (Lipinski definition) is 4. The number of likely N-dealkylation sites (tertiary alicyclic amines) is 1. The van der Waals surface area contributed by atoms with Gasteiger partial charge in [-0.25, -0.2) is 0 Å². The fourth-order valence-corrected chi connectivity index (χ4v) is 4.78. The molecule has 1 unspecified atom stereocenters. The summed E-state index contributed by atoms with van der Waals surface area (Å²) < 4.78 is 0. The lowest BCUT2D eigenvalue weighted by atomic mass is 9.74. The van der Waals surface area contributed by atoms with E-state index in [-0.39, 0.29) is 5.91 Å². The van der Waals surface area contributed by atoms with Gasteiger partial charge in [-0.1, -0.05) is 31.2 Å². The number of allylic oxidation sites excluding steroid dienone is 1. The third kappa shape index (κ3) is 6.51. The van der Waals surface area contributed by atoms with Crippen molar-refractivity contribution in [2.45, 2.75) is 51.4 Å². The maximum Gasteiger partial charge on any atom is 0.218 e. The van der Waals surface area contributed by atoms with Gasteiger partial charge in [-0.3, -0.25) is 4.79 Å². The fraction of sp³-hybridized carbons (Fsp3) is 0.625. The largest absolute Gasteiger partial charge is 0.391 e. The zero-order valence-electron chi connectivity index (χ0n) is 18.9. The van der Waals surface area contributed by atoms with E-state index >= 15 is 0 Å². The van der Waals surface area contributed by atoms with Gasteiger partial charge in [0.2, 0.25) is 5.91 Å². The summed E-state index contributed by atoms with van der Waals surface area (Å²) in [6.07, 6.45) is 6.40. The van der Waals surface area contributed by atoms with Gasteiger partial charge in [-0.05, 0) is 73.1 Å². The standard InChI is InChI=1S/C20H30N2S.C4H9NO/c1-16(13-18(15-23)21-2)14-22-11-9-20(10-12-22)8-7-17-5-3-4-6-19(17)20;1-4(6)5(2)3/h3-6,15-16,21,23H,7-14H2,1-2H3;1-3H3/b18-15-;. The van der Waals surface area contributed by atoms with Crippen molar-refractivity contribution in [2.75, 3.05) is 40.8 Å². The Morgan fingerprint density at radius 2 is 1.90 bits per heavy atom. The number of amides is 1. The highest BCUT2D eigenvalue weighted by molar-refractivity contribution is 7.83. The zero-order chi connectivity index (χ0) is 21.4. The van der Waals surface area contributed by atoms with Gasteiger partial charge in [-0.15, -0.1) is 12.6 Å². The van der Waals surface area contributed by atoms with Crippen LogP contribution in [0.1, 0.15) is 50.7 Å². The number of benzene rings is 1. The summed E-state index contributed by atoms with van der Waals surface area (Å²) in [6, 6.07) is 9.14. The lowest BCUT2D eigenvalue weighted by molar-refractivity contribution is -0.126. The molecule has 3 rings (SSSR count). The van der Waals surface area contributed by atoms with E-state index in [0.717, 1.165) is 6.42 Å². The maximum absolute atomic E-state index is 10.1. The molecule has 29 heavy (non-hydrogen) atoms. The number of piperidine rings is 1. The Balaban J connectivity index is 0.000000438. The van der Waals surface area contributed by atoms with Crippen LogP contribution >= 0.6 is 12.6 Å². The van der Waals surface area contributed by atoms with Crippen LogP contribution in [-0.4, -0.2) is 56.5 Å². The van der Waals surface area contributed by atoms with Crippen molar-refractivity contribution in [2.24, 2.45) is 5.92 Å². The van der Waals surface area contributed by atoms with Crippen LogP contribution in [0, 0.1) is 5.92 Å². The molecule has 1 heterocycles. The van der Waals surface area contributed by atoms with Crippen LogP contribution in [0.15, 0.2) is 35.4 Å². The number of fused-ring (bicyclic) bond motifs is 2. The molecule has 1 N–H and O–H groups in total. The van der Waals surface area contributed by atoms with Crippen LogP contribution in [0.3, 0.4) is 0 Å². The Kier molecular flexibility index (Phi) is 9.09. The smallest absolute Gasteiger partial charge is 0.218 e. The summed E-state index contributed by atoms with van der Waals surface area (Å²) >= 11 is 4.28. The van der Waals surface area contributed by atoms with Crippen LogP contribution in [0.2, 0.25) is 0 Å². The summed E-state index contributed by atoms with van der Waals surface area (Å²) in [6.45, 7) is 7.57. The fourth-order valence-electron chi connectivity index (χ4n) is 4.55. The molecule has 0 bridgehead atoms. The lowest BCUT2D eigenvalue weighted by Crippen LogP contribution is -2.43. The number of nitrogens with zero attached hydrogens (tertiary/aromatic N) is 2. The second kappa shape index (κ2) is 11.1. The first-order chi connectivity index (χ1) is 13.8. The molecule has 5 heteroatoms. The number of nitrogens with one attached hydrogen (secondary N) is 1. The molecular formula is C24H39N3OS. The van der Waals surface area contributed by atoms with Crippen molar-refractivity contribution in [3.05, 3.63) is 46.5 Å². The van der Waals surface area contributed by atoms with E-state index < -0.39 is 0 Å². The summed E-state index contributed by atoms with van der Waals surface area (Å²) in [5.41, 5.74) is 4.98. The van der Waals surface area contributed by atoms with E-state index in [9.17, 15) is 4.79 Å². The van der Waals surface area contributed by atoms with Gasteiger partial charge < -0.3 is 15.1 Å². The SMILES string of the molecule is CC(=O)N(C)C.CN/C(=C\S)CC(C)CN1CCC2(CCc3ccccc32)CC1. The predicted octanol–water partition coefficient (Wildman–Crippen LogP) is 4.08. The molecular weight excluding hydrogens is 378 g/mol. The quantitative estimate of drug-likeness (QED) is 0.709. The highest BCUT2D eigenvalue weighted by Gasteiger charge is 2.40. The van der Waals surface area contributed by atoms with Gasteiger partial charge in [0.1, 0.15) is 0 Å². The Labute approximate surface area is 183 Å². The molecule has 1 aliphatic carbocycles. The molecule has 1 saturated heterocycles. The Morgan fingerprint density at radius 1 is 1.28 bits per heavy atom. The summed E-state index contributed by atoms with van der Waals surface area (Å²) in [5.74, 6) is 0.765. The van der Waals surface area contributed by atoms with E-state index in [1.807, 2.05) is 12.5 Å². The van der Waals surface area contributed by atoms with Crippen LogP contribution in [0.4, 0.5) is 0 Å². The molecule has 0 radical (unpaired) electrons. The number of hydrogen-bond donors (Lipinski definition) is 2. The first-order valence-electron chi connectivity index (χ1n) is 10.8.